The maximum atomic E-state index is 12.6. The fourth-order valence-electron chi connectivity index (χ4n) is 2.58. The lowest BCUT2D eigenvalue weighted by atomic mass is 10.1. The molecule has 1 aromatic heterocycles. The molecule has 2 unspecified atom stereocenters. The van der Waals surface area contributed by atoms with Gasteiger partial charge in [0.1, 0.15) is 0 Å². The molecule has 18 heavy (non-hydrogen) atoms. The quantitative estimate of drug-likeness (QED) is 0.925. The smallest absolute Gasteiger partial charge is 0.244 e. The number of thiophene rings is 1. The molecule has 2 rings (SSSR count). The normalized spacial score (nSPS) is 25.8. The largest absolute Gasteiger partial charge is 0.391 e. The summed E-state index contributed by atoms with van der Waals surface area (Å²) in [6, 6.07) is 1.66. The van der Waals surface area contributed by atoms with Crippen molar-refractivity contribution >= 4 is 21.4 Å². The monoisotopic (exact) mass is 289 g/mol. The zero-order valence-corrected chi connectivity index (χ0v) is 12.5. The molecule has 1 aliphatic rings. The van der Waals surface area contributed by atoms with Crippen LogP contribution in [0.15, 0.2) is 11.0 Å². The van der Waals surface area contributed by atoms with Gasteiger partial charge in [0.15, 0.2) is 0 Å². The molecule has 0 bridgehead atoms. The van der Waals surface area contributed by atoms with Crippen molar-refractivity contribution in [2.24, 2.45) is 5.92 Å². The Hall–Kier alpha value is -0.430. The van der Waals surface area contributed by atoms with Gasteiger partial charge in [-0.3, -0.25) is 0 Å². The van der Waals surface area contributed by atoms with Gasteiger partial charge < -0.3 is 5.11 Å². The minimum Gasteiger partial charge on any atom is -0.391 e. The molecule has 1 saturated heterocycles. The predicted octanol–water partition coefficient (Wildman–Crippen LogP) is 1.97. The van der Waals surface area contributed by atoms with Crippen LogP contribution in [0.2, 0.25) is 0 Å². The van der Waals surface area contributed by atoms with E-state index in [0.29, 0.717) is 22.2 Å². The molecule has 4 nitrogen and oxygen atoms in total. The minimum atomic E-state index is -3.41. The van der Waals surface area contributed by atoms with Crippen molar-refractivity contribution in [2.75, 3.05) is 6.54 Å². The summed E-state index contributed by atoms with van der Waals surface area (Å²) in [6.45, 7) is 6.31. The fraction of sp³-hybridized carbons (Fsp3) is 0.667. The molecule has 0 saturated carbocycles. The summed E-state index contributed by atoms with van der Waals surface area (Å²) in [5.41, 5.74) is 0. The molecule has 0 aromatic carbocycles. The van der Waals surface area contributed by atoms with Crippen LogP contribution in [0.25, 0.3) is 0 Å². The van der Waals surface area contributed by atoms with E-state index < -0.39 is 10.0 Å². The van der Waals surface area contributed by atoms with Crippen LogP contribution in [-0.4, -0.2) is 30.4 Å². The van der Waals surface area contributed by atoms with Gasteiger partial charge in [-0.25, -0.2) is 8.42 Å². The van der Waals surface area contributed by atoms with Crippen LogP contribution >= 0.6 is 11.3 Å². The zero-order valence-electron chi connectivity index (χ0n) is 10.9. The maximum absolute atomic E-state index is 12.6. The number of aliphatic hydroxyl groups excluding tert-OH is 1. The van der Waals surface area contributed by atoms with Crippen molar-refractivity contribution in [2.45, 2.75) is 44.7 Å². The van der Waals surface area contributed by atoms with E-state index in [4.69, 9.17) is 5.11 Å². The molecule has 6 heteroatoms. The molecule has 2 atom stereocenters. The van der Waals surface area contributed by atoms with Crippen molar-refractivity contribution < 1.29 is 13.5 Å². The first-order valence-corrected chi connectivity index (χ1v) is 8.34. The van der Waals surface area contributed by atoms with Crippen molar-refractivity contribution in [3.8, 4) is 0 Å². The van der Waals surface area contributed by atoms with Crippen LogP contribution < -0.4 is 0 Å². The Morgan fingerprint density at radius 2 is 2.17 bits per heavy atom. The van der Waals surface area contributed by atoms with Gasteiger partial charge >= 0.3 is 0 Å². The van der Waals surface area contributed by atoms with E-state index in [1.165, 1.54) is 11.3 Å². The molecule has 102 valence electrons. The Bertz CT molecular complexity index is 536. The zero-order chi connectivity index (χ0) is 13.5. The van der Waals surface area contributed by atoms with Crippen molar-refractivity contribution in [1.82, 2.24) is 4.31 Å². The summed E-state index contributed by atoms with van der Waals surface area (Å²) < 4.78 is 26.8. The molecular formula is C12H19NO3S2. The fourth-order valence-corrected chi connectivity index (χ4v) is 5.81. The third-order valence-corrected chi connectivity index (χ3v) is 6.66. The summed E-state index contributed by atoms with van der Waals surface area (Å²) in [5, 5.41) is 9.10. The molecule has 2 heterocycles. The summed E-state index contributed by atoms with van der Waals surface area (Å²) >= 11 is 1.35. The van der Waals surface area contributed by atoms with Crippen molar-refractivity contribution in [3.05, 3.63) is 15.8 Å². The highest BCUT2D eigenvalue weighted by atomic mass is 32.2. The SMILES string of the molecule is Cc1sc(CO)cc1S(=O)(=O)N1CC(C)CC1C. The second-order valence-electron chi connectivity index (χ2n) is 5.06. The molecule has 0 amide bonds. The Kier molecular flexibility index (Phi) is 3.82. The summed E-state index contributed by atoms with van der Waals surface area (Å²) in [4.78, 5) is 1.81. The molecular weight excluding hydrogens is 270 g/mol. The van der Waals surface area contributed by atoms with Crippen LogP contribution in [0, 0.1) is 12.8 Å². The van der Waals surface area contributed by atoms with E-state index >= 15 is 0 Å². The lowest BCUT2D eigenvalue weighted by molar-refractivity contribution is 0.285. The van der Waals surface area contributed by atoms with Gasteiger partial charge in [-0.15, -0.1) is 11.3 Å². The van der Waals surface area contributed by atoms with Gasteiger partial charge in [-0.1, -0.05) is 6.92 Å². The highest BCUT2D eigenvalue weighted by Crippen LogP contribution is 2.33. The standard InChI is InChI=1S/C12H19NO3S2/c1-8-4-9(2)13(6-8)18(15,16)12-5-11(7-14)17-10(12)3/h5,8-9,14H,4,6-7H2,1-3H3. The van der Waals surface area contributed by atoms with E-state index in [1.54, 1.807) is 17.3 Å². The van der Waals surface area contributed by atoms with E-state index in [9.17, 15) is 8.42 Å². The Labute approximate surface area is 112 Å². The summed E-state index contributed by atoms with van der Waals surface area (Å²) in [5.74, 6) is 0.408. The van der Waals surface area contributed by atoms with Gasteiger partial charge in [0, 0.05) is 22.3 Å². The van der Waals surface area contributed by atoms with Gasteiger partial charge in [0.05, 0.1) is 11.5 Å². The van der Waals surface area contributed by atoms with Gasteiger partial charge in [-0.2, -0.15) is 4.31 Å². The van der Waals surface area contributed by atoms with Gasteiger partial charge in [0.2, 0.25) is 10.0 Å². The number of aryl methyl sites for hydroxylation is 1. The number of hydrogen-bond acceptors (Lipinski definition) is 4. The van der Waals surface area contributed by atoms with Crippen LogP contribution in [0.4, 0.5) is 0 Å². The molecule has 1 aromatic rings. The molecule has 1 N–H and O–H groups in total. The van der Waals surface area contributed by atoms with Crippen molar-refractivity contribution in [3.63, 3.8) is 0 Å². The van der Waals surface area contributed by atoms with Gasteiger partial charge in [-0.05, 0) is 32.3 Å². The van der Waals surface area contributed by atoms with Gasteiger partial charge in [0.25, 0.3) is 0 Å². The summed E-state index contributed by atoms with van der Waals surface area (Å²) in [7, 11) is -3.41. The predicted molar refractivity (Wildman–Crippen MR) is 72.1 cm³/mol. The molecule has 0 spiro atoms. The Balaban J connectivity index is 2.39. The highest BCUT2D eigenvalue weighted by molar-refractivity contribution is 7.89. The second-order valence-corrected chi connectivity index (χ2v) is 8.26. The van der Waals surface area contributed by atoms with E-state index in [-0.39, 0.29) is 12.6 Å². The molecule has 0 radical (unpaired) electrons. The second kappa shape index (κ2) is 4.92. The van der Waals surface area contributed by atoms with E-state index in [0.717, 1.165) is 11.3 Å². The topological polar surface area (TPSA) is 57.6 Å². The lowest BCUT2D eigenvalue weighted by Crippen LogP contribution is -2.34. The summed E-state index contributed by atoms with van der Waals surface area (Å²) in [6.07, 6.45) is 0.912. The first-order chi connectivity index (χ1) is 8.36. The minimum absolute atomic E-state index is 0.0573. The third-order valence-electron chi connectivity index (χ3n) is 3.39. The first kappa shape index (κ1) is 14.0. The number of aliphatic hydroxyl groups is 1. The van der Waals surface area contributed by atoms with E-state index in [2.05, 4.69) is 6.92 Å². The molecule has 1 fully saturated rings. The number of sulfonamides is 1. The molecule has 0 aliphatic carbocycles. The highest BCUT2D eigenvalue weighted by Gasteiger charge is 2.37. The Morgan fingerprint density at radius 3 is 2.61 bits per heavy atom. The lowest BCUT2D eigenvalue weighted by Gasteiger charge is -2.20. The number of nitrogens with zero attached hydrogens (tertiary/aromatic N) is 1. The van der Waals surface area contributed by atoms with Crippen molar-refractivity contribution in [1.29, 1.82) is 0 Å². The van der Waals surface area contributed by atoms with Crippen LogP contribution in [0.3, 0.4) is 0 Å². The average Bonchev–Trinajstić information content (AvgIpc) is 2.82. The van der Waals surface area contributed by atoms with E-state index in [1.807, 2.05) is 6.92 Å². The third kappa shape index (κ3) is 2.34. The molecule has 1 aliphatic heterocycles. The van der Waals surface area contributed by atoms with Crippen LogP contribution in [0.1, 0.15) is 30.0 Å². The maximum Gasteiger partial charge on any atom is 0.244 e. The number of rotatable bonds is 3. The average molecular weight is 289 g/mol. The number of hydrogen-bond donors (Lipinski definition) is 1. The van der Waals surface area contributed by atoms with Crippen LogP contribution in [-0.2, 0) is 16.6 Å². The Morgan fingerprint density at radius 1 is 1.50 bits per heavy atom. The first-order valence-electron chi connectivity index (χ1n) is 6.08. The van der Waals surface area contributed by atoms with Crippen LogP contribution in [0.5, 0.6) is 0 Å².